The van der Waals surface area contributed by atoms with Gasteiger partial charge in [-0.2, -0.15) is 13.2 Å². The lowest BCUT2D eigenvalue weighted by atomic mass is 10.4. The molecule has 1 heterocycles. The van der Waals surface area contributed by atoms with Gasteiger partial charge in [-0.15, -0.1) is 0 Å². The van der Waals surface area contributed by atoms with Gasteiger partial charge in [-0.05, 0) is 0 Å². The number of aromatic nitrogens is 2. The van der Waals surface area contributed by atoms with Gasteiger partial charge in [0.05, 0.1) is 6.61 Å². The van der Waals surface area contributed by atoms with E-state index in [2.05, 4.69) is 14.7 Å². The summed E-state index contributed by atoms with van der Waals surface area (Å²) in [6.07, 6.45) is -4.21. The summed E-state index contributed by atoms with van der Waals surface area (Å²) in [6.45, 7) is -1.43. The molecule has 0 bridgehead atoms. The second-order valence-electron chi connectivity index (χ2n) is 2.85. The van der Waals surface area contributed by atoms with Crippen molar-refractivity contribution in [3.8, 4) is 0 Å². The van der Waals surface area contributed by atoms with Gasteiger partial charge in [0.1, 0.15) is 22.7 Å². The van der Waals surface area contributed by atoms with Crippen molar-refractivity contribution >= 4 is 23.2 Å². The molecule has 1 aromatic heterocycles. The van der Waals surface area contributed by atoms with Gasteiger partial charge in [-0.25, -0.2) is 9.97 Å². The molecule has 0 aliphatic heterocycles. The van der Waals surface area contributed by atoms with Crippen molar-refractivity contribution < 1.29 is 17.9 Å². The minimum Gasteiger partial charge on any atom is -0.372 e. The van der Waals surface area contributed by atoms with Gasteiger partial charge in [0.2, 0.25) is 0 Å². The predicted molar refractivity (Wildman–Crippen MR) is 52.6 cm³/mol. The van der Waals surface area contributed by atoms with E-state index in [-0.39, 0.29) is 29.2 Å². The number of hydrogen-bond donors (Lipinski definition) is 0. The lowest BCUT2D eigenvalue weighted by Gasteiger charge is -2.07. The first-order valence-corrected chi connectivity index (χ1v) is 4.96. The lowest BCUT2D eigenvalue weighted by Crippen LogP contribution is -2.18. The van der Waals surface area contributed by atoms with Crippen LogP contribution in [0.25, 0.3) is 0 Å². The Morgan fingerprint density at radius 1 is 1.19 bits per heavy atom. The van der Waals surface area contributed by atoms with Crippen LogP contribution >= 0.6 is 23.2 Å². The monoisotopic (exact) mass is 274 g/mol. The van der Waals surface area contributed by atoms with Crippen molar-refractivity contribution in [2.45, 2.75) is 12.6 Å². The highest BCUT2D eigenvalue weighted by molar-refractivity contribution is 6.33. The van der Waals surface area contributed by atoms with Crippen molar-refractivity contribution in [2.75, 3.05) is 13.2 Å². The first kappa shape index (κ1) is 13.5. The zero-order valence-electron chi connectivity index (χ0n) is 7.89. The molecular formula is C8H7Cl2F3N2O. The van der Waals surface area contributed by atoms with E-state index in [4.69, 9.17) is 23.2 Å². The molecule has 0 aliphatic rings. The third-order valence-electron chi connectivity index (χ3n) is 1.45. The second-order valence-corrected chi connectivity index (χ2v) is 3.62. The summed E-state index contributed by atoms with van der Waals surface area (Å²) in [5.41, 5.74) is 0. The zero-order chi connectivity index (χ0) is 12.2. The maximum atomic E-state index is 11.7. The summed E-state index contributed by atoms with van der Waals surface area (Å²) < 4.78 is 39.5. The Bertz CT molecular complexity index is 339. The average Bonchev–Trinajstić information content (AvgIpc) is 2.09. The molecule has 0 N–H and O–H groups in total. The molecule has 0 amide bonds. The Kier molecular flexibility index (Phi) is 4.76. The van der Waals surface area contributed by atoms with E-state index in [1.807, 2.05) is 0 Å². The van der Waals surface area contributed by atoms with Crippen LogP contribution in [0.1, 0.15) is 5.82 Å². The van der Waals surface area contributed by atoms with Crippen LogP contribution in [-0.2, 0) is 11.2 Å². The molecule has 0 atom stereocenters. The molecule has 0 saturated carbocycles. The Labute approximate surface area is 99.5 Å². The van der Waals surface area contributed by atoms with Crippen LogP contribution in [0.15, 0.2) is 6.07 Å². The largest absolute Gasteiger partial charge is 0.411 e. The van der Waals surface area contributed by atoms with E-state index in [1.165, 1.54) is 6.07 Å². The number of alkyl halides is 3. The Hall–Kier alpha value is -0.590. The van der Waals surface area contributed by atoms with Crippen molar-refractivity contribution in [3.05, 3.63) is 22.2 Å². The van der Waals surface area contributed by atoms with Crippen LogP contribution in [-0.4, -0.2) is 29.4 Å². The molecule has 8 heteroatoms. The molecule has 0 unspecified atom stereocenters. The van der Waals surface area contributed by atoms with Gasteiger partial charge in [-0.1, -0.05) is 23.2 Å². The number of halogens is 5. The molecule has 1 aromatic rings. The molecule has 90 valence electrons. The fourth-order valence-electron chi connectivity index (χ4n) is 0.898. The van der Waals surface area contributed by atoms with Gasteiger partial charge in [0.15, 0.2) is 0 Å². The van der Waals surface area contributed by atoms with Gasteiger partial charge in [-0.3, -0.25) is 0 Å². The van der Waals surface area contributed by atoms with Crippen LogP contribution in [0, 0.1) is 0 Å². The summed E-state index contributed by atoms with van der Waals surface area (Å²) in [7, 11) is 0. The molecule has 0 aliphatic carbocycles. The molecule has 16 heavy (non-hydrogen) atoms. The molecule has 1 rings (SSSR count). The number of nitrogens with zero attached hydrogens (tertiary/aromatic N) is 2. The molecule has 0 fully saturated rings. The molecule has 3 nitrogen and oxygen atoms in total. The highest BCUT2D eigenvalue weighted by Crippen LogP contribution is 2.15. The summed E-state index contributed by atoms with van der Waals surface area (Å²) in [4.78, 5) is 7.55. The van der Waals surface area contributed by atoms with E-state index in [0.717, 1.165) is 0 Å². The highest BCUT2D eigenvalue weighted by Gasteiger charge is 2.27. The van der Waals surface area contributed by atoms with Crippen LogP contribution in [0.5, 0.6) is 0 Å². The highest BCUT2D eigenvalue weighted by atomic mass is 35.5. The molecular weight excluding hydrogens is 268 g/mol. The SMILES string of the molecule is FC(F)(F)COCCc1nc(Cl)cc(Cl)n1. The van der Waals surface area contributed by atoms with Gasteiger partial charge in [0, 0.05) is 12.5 Å². The van der Waals surface area contributed by atoms with Crippen LogP contribution in [0.2, 0.25) is 10.3 Å². The third-order valence-corrected chi connectivity index (χ3v) is 1.83. The number of hydrogen-bond acceptors (Lipinski definition) is 3. The van der Waals surface area contributed by atoms with E-state index >= 15 is 0 Å². The van der Waals surface area contributed by atoms with E-state index in [1.54, 1.807) is 0 Å². The minimum atomic E-state index is -4.33. The van der Waals surface area contributed by atoms with Crippen LogP contribution in [0.4, 0.5) is 13.2 Å². The fraction of sp³-hybridized carbons (Fsp3) is 0.500. The summed E-state index contributed by atoms with van der Waals surface area (Å²) in [6, 6.07) is 1.34. The maximum absolute atomic E-state index is 11.7. The fourth-order valence-corrected chi connectivity index (χ4v) is 1.36. The first-order valence-electron chi connectivity index (χ1n) is 4.20. The van der Waals surface area contributed by atoms with Crippen molar-refractivity contribution in [2.24, 2.45) is 0 Å². The normalized spacial score (nSPS) is 11.8. The topological polar surface area (TPSA) is 35.0 Å². The smallest absolute Gasteiger partial charge is 0.372 e. The molecule has 0 aromatic carbocycles. The van der Waals surface area contributed by atoms with E-state index < -0.39 is 12.8 Å². The molecule has 0 spiro atoms. The van der Waals surface area contributed by atoms with Crippen LogP contribution in [0.3, 0.4) is 0 Å². The van der Waals surface area contributed by atoms with Crippen LogP contribution < -0.4 is 0 Å². The predicted octanol–water partition coefficient (Wildman–Crippen LogP) is 2.90. The summed E-state index contributed by atoms with van der Waals surface area (Å²) in [5.74, 6) is 0.250. The van der Waals surface area contributed by atoms with Crippen molar-refractivity contribution in [3.63, 3.8) is 0 Å². The number of rotatable bonds is 4. The van der Waals surface area contributed by atoms with Crippen molar-refractivity contribution in [1.29, 1.82) is 0 Å². The first-order chi connectivity index (χ1) is 7.37. The van der Waals surface area contributed by atoms with Gasteiger partial charge >= 0.3 is 6.18 Å². The third kappa shape index (κ3) is 5.48. The average molecular weight is 275 g/mol. The van der Waals surface area contributed by atoms with Crippen molar-refractivity contribution in [1.82, 2.24) is 9.97 Å². The quantitative estimate of drug-likeness (QED) is 0.626. The molecule has 0 saturated heterocycles. The maximum Gasteiger partial charge on any atom is 0.411 e. The number of ether oxygens (including phenoxy) is 1. The Morgan fingerprint density at radius 2 is 1.75 bits per heavy atom. The lowest BCUT2D eigenvalue weighted by molar-refractivity contribution is -0.173. The Morgan fingerprint density at radius 3 is 2.25 bits per heavy atom. The minimum absolute atomic E-state index is 0.121. The zero-order valence-corrected chi connectivity index (χ0v) is 9.40. The Balaban J connectivity index is 2.37. The summed E-state index contributed by atoms with van der Waals surface area (Å²) >= 11 is 11.2. The molecule has 0 radical (unpaired) electrons. The summed E-state index contributed by atoms with van der Waals surface area (Å²) in [5, 5.41) is 0.289. The van der Waals surface area contributed by atoms with Gasteiger partial charge < -0.3 is 4.74 Å². The van der Waals surface area contributed by atoms with E-state index in [9.17, 15) is 13.2 Å². The second kappa shape index (κ2) is 5.65. The van der Waals surface area contributed by atoms with E-state index in [0.29, 0.717) is 0 Å². The van der Waals surface area contributed by atoms with Gasteiger partial charge in [0.25, 0.3) is 0 Å². The standard InChI is InChI=1S/C8H7Cl2F3N2O/c9-5-3-6(10)15-7(14-5)1-2-16-4-8(11,12)13/h3H,1-2,4H2.